The van der Waals surface area contributed by atoms with E-state index in [1.54, 1.807) is 6.92 Å². The van der Waals surface area contributed by atoms with Crippen molar-refractivity contribution in [2.75, 3.05) is 0 Å². The molecule has 0 bridgehead atoms. The number of aliphatic carboxylic acids is 1. The largest absolute Gasteiger partial charge is 0.477 e. The van der Waals surface area contributed by atoms with Gasteiger partial charge in [-0.05, 0) is 12.5 Å². The lowest BCUT2D eigenvalue weighted by atomic mass is 9.82. The zero-order valence-corrected chi connectivity index (χ0v) is 8.44. The Hall–Kier alpha value is -1.32. The standard InChI is InChI=1S/C10H13NO3/c1-4-5(2)8(10(13)14)11-7(4)6(3)9(11)12/h4,6-7H,1-3H3,(H,13,14)/t4?,6?,7-/m1/s1. The summed E-state index contributed by atoms with van der Waals surface area (Å²) >= 11 is 0. The normalized spacial score (nSPS) is 35.8. The number of hydrogen-bond donors (Lipinski definition) is 1. The van der Waals surface area contributed by atoms with Crippen molar-refractivity contribution in [3.05, 3.63) is 11.3 Å². The maximum absolute atomic E-state index is 11.5. The van der Waals surface area contributed by atoms with E-state index in [1.165, 1.54) is 4.90 Å². The summed E-state index contributed by atoms with van der Waals surface area (Å²) in [5.74, 6) is -0.904. The molecular formula is C10H13NO3. The minimum Gasteiger partial charge on any atom is -0.477 e. The van der Waals surface area contributed by atoms with E-state index in [0.29, 0.717) is 0 Å². The monoisotopic (exact) mass is 195 g/mol. The average molecular weight is 195 g/mol. The third-order valence-corrected chi connectivity index (χ3v) is 3.45. The van der Waals surface area contributed by atoms with Crippen molar-refractivity contribution < 1.29 is 14.7 Å². The molecule has 0 aromatic heterocycles. The highest BCUT2D eigenvalue weighted by Gasteiger charge is 2.55. The molecule has 0 aromatic carbocycles. The van der Waals surface area contributed by atoms with Crippen LogP contribution < -0.4 is 0 Å². The molecule has 76 valence electrons. The van der Waals surface area contributed by atoms with Gasteiger partial charge in [0.05, 0.1) is 12.0 Å². The summed E-state index contributed by atoms with van der Waals surface area (Å²) < 4.78 is 0. The topological polar surface area (TPSA) is 57.6 Å². The Morgan fingerprint density at radius 3 is 2.43 bits per heavy atom. The first kappa shape index (κ1) is 9.24. The summed E-state index contributed by atoms with van der Waals surface area (Å²) in [6.07, 6.45) is 0. The third-order valence-electron chi connectivity index (χ3n) is 3.45. The molecule has 1 amide bonds. The molecule has 3 atom stereocenters. The number of fused-ring (bicyclic) bond motifs is 1. The molecule has 1 N–H and O–H groups in total. The van der Waals surface area contributed by atoms with Crippen molar-refractivity contribution in [2.24, 2.45) is 11.8 Å². The summed E-state index contributed by atoms with van der Waals surface area (Å²) in [6, 6.07) is 0.0774. The summed E-state index contributed by atoms with van der Waals surface area (Å²) in [5.41, 5.74) is 1.02. The quantitative estimate of drug-likeness (QED) is 0.631. The molecule has 4 nitrogen and oxygen atoms in total. The Kier molecular flexibility index (Phi) is 1.71. The zero-order valence-electron chi connectivity index (χ0n) is 8.44. The number of hydrogen-bond acceptors (Lipinski definition) is 2. The minimum absolute atomic E-state index is 0.0307. The van der Waals surface area contributed by atoms with Gasteiger partial charge in [-0.2, -0.15) is 0 Å². The minimum atomic E-state index is -0.989. The zero-order chi connectivity index (χ0) is 10.6. The second-order valence-electron chi connectivity index (χ2n) is 4.11. The van der Waals surface area contributed by atoms with Crippen molar-refractivity contribution >= 4 is 11.9 Å². The first-order valence-electron chi connectivity index (χ1n) is 4.74. The van der Waals surface area contributed by atoms with Gasteiger partial charge in [-0.25, -0.2) is 4.79 Å². The molecule has 1 fully saturated rings. The molecule has 2 aliphatic rings. The molecule has 0 spiro atoms. The summed E-state index contributed by atoms with van der Waals surface area (Å²) in [5, 5.41) is 8.98. The smallest absolute Gasteiger partial charge is 0.352 e. The van der Waals surface area contributed by atoms with Crippen molar-refractivity contribution in [3.8, 4) is 0 Å². The summed E-state index contributed by atoms with van der Waals surface area (Å²) in [7, 11) is 0. The molecule has 2 heterocycles. The predicted octanol–water partition coefficient (Wildman–Crippen LogP) is 0.842. The number of rotatable bonds is 1. The van der Waals surface area contributed by atoms with Gasteiger partial charge in [0.15, 0.2) is 0 Å². The number of carboxylic acid groups (broad SMARTS) is 1. The maximum atomic E-state index is 11.5. The lowest BCUT2D eigenvalue weighted by molar-refractivity contribution is -0.155. The first-order valence-corrected chi connectivity index (χ1v) is 4.74. The van der Waals surface area contributed by atoms with Crippen LogP contribution in [0.2, 0.25) is 0 Å². The van der Waals surface area contributed by atoms with Crippen molar-refractivity contribution in [2.45, 2.75) is 26.8 Å². The van der Waals surface area contributed by atoms with Crippen LogP contribution in [0.3, 0.4) is 0 Å². The van der Waals surface area contributed by atoms with Crippen molar-refractivity contribution in [1.82, 2.24) is 4.90 Å². The lowest BCUT2D eigenvalue weighted by Crippen LogP contribution is -2.59. The van der Waals surface area contributed by atoms with Crippen molar-refractivity contribution in [1.29, 1.82) is 0 Å². The van der Waals surface area contributed by atoms with E-state index in [9.17, 15) is 9.59 Å². The Morgan fingerprint density at radius 2 is 1.93 bits per heavy atom. The molecule has 2 unspecified atom stereocenters. The van der Waals surface area contributed by atoms with Gasteiger partial charge >= 0.3 is 5.97 Å². The van der Waals surface area contributed by atoms with Gasteiger partial charge in [0.2, 0.25) is 5.91 Å². The Bertz CT molecular complexity index is 358. The van der Waals surface area contributed by atoms with E-state index < -0.39 is 5.97 Å². The number of β-lactam (4-membered cyclic amide) rings is 1. The molecule has 14 heavy (non-hydrogen) atoms. The fourth-order valence-electron chi connectivity index (χ4n) is 2.50. The predicted molar refractivity (Wildman–Crippen MR) is 49.3 cm³/mol. The highest BCUT2D eigenvalue weighted by molar-refractivity contribution is 5.99. The molecule has 0 aromatic rings. The molecule has 2 aliphatic heterocycles. The highest BCUT2D eigenvalue weighted by atomic mass is 16.4. The third kappa shape index (κ3) is 0.832. The van der Waals surface area contributed by atoms with Crippen LogP contribution >= 0.6 is 0 Å². The number of nitrogens with zero attached hydrogens (tertiary/aromatic N) is 1. The molecule has 2 rings (SSSR count). The fraction of sp³-hybridized carbons (Fsp3) is 0.600. The summed E-state index contributed by atoms with van der Waals surface area (Å²) in [6.45, 7) is 5.64. The van der Waals surface area contributed by atoms with Crippen LogP contribution in [-0.4, -0.2) is 27.9 Å². The maximum Gasteiger partial charge on any atom is 0.352 e. The summed E-state index contributed by atoms with van der Waals surface area (Å²) in [4.78, 5) is 23.9. The molecule has 1 saturated heterocycles. The molecule has 0 aliphatic carbocycles. The molecule has 0 radical (unpaired) electrons. The lowest BCUT2D eigenvalue weighted by Gasteiger charge is -2.43. The first-order chi connectivity index (χ1) is 6.46. The van der Waals surface area contributed by atoms with E-state index in [1.807, 2.05) is 13.8 Å². The van der Waals surface area contributed by atoms with Gasteiger partial charge in [-0.1, -0.05) is 13.8 Å². The van der Waals surface area contributed by atoms with Crippen molar-refractivity contribution in [3.63, 3.8) is 0 Å². The number of amides is 1. The van der Waals surface area contributed by atoms with Crippen LogP contribution in [-0.2, 0) is 9.59 Å². The molecule has 0 saturated carbocycles. The molecule has 4 heteroatoms. The second kappa shape index (κ2) is 2.59. The van der Waals surface area contributed by atoms with Gasteiger partial charge in [-0.15, -0.1) is 0 Å². The molecular weight excluding hydrogens is 182 g/mol. The van der Waals surface area contributed by atoms with E-state index in [2.05, 4.69) is 0 Å². The van der Waals surface area contributed by atoms with E-state index in [-0.39, 0.29) is 29.5 Å². The van der Waals surface area contributed by atoms with E-state index >= 15 is 0 Å². The number of carboxylic acids is 1. The van der Waals surface area contributed by atoms with Crippen LogP contribution in [0.15, 0.2) is 11.3 Å². The van der Waals surface area contributed by atoms with Gasteiger partial charge in [0, 0.05) is 5.92 Å². The highest BCUT2D eigenvalue weighted by Crippen LogP contribution is 2.45. The Morgan fingerprint density at radius 1 is 1.36 bits per heavy atom. The van der Waals surface area contributed by atoms with Crippen LogP contribution in [0.25, 0.3) is 0 Å². The van der Waals surface area contributed by atoms with Crippen LogP contribution in [0.5, 0.6) is 0 Å². The Labute approximate surface area is 82.2 Å². The SMILES string of the molecule is CC1=C(C(=O)O)N2C(=O)C(C)[C@H]2C1C. The number of carbonyl (C=O) groups is 2. The fourth-order valence-corrected chi connectivity index (χ4v) is 2.50. The second-order valence-corrected chi connectivity index (χ2v) is 4.11. The van der Waals surface area contributed by atoms with Crippen LogP contribution in [0.1, 0.15) is 20.8 Å². The van der Waals surface area contributed by atoms with Gasteiger partial charge in [0.1, 0.15) is 5.70 Å². The number of carbonyl (C=O) groups excluding carboxylic acids is 1. The average Bonchev–Trinajstić information content (AvgIpc) is 2.37. The Balaban J connectivity index is 2.42. The van der Waals surface area contributed by atoms with Crippen LogP contribution in [0, 0.1) is 11.8 Å². The van der Waals surface area contributed by atoms with E-state index in [4.69, 9.17) is 5.11 Å². The van der Waals surface area contributed by atoms with Gasteiger partial charge in [-0.3, -0.25) is 4.79 Å². The van der Waals surface area contributed by atoms with Gasteiger partial charge in [0.25, 0.3) is 0 Å². The van der Waals surface area contributed by atoms with Crippen LogP contribution in [0.4, 0.5) is 0 Å². The van der Waals surface area contributed by atoms with E-state index in [0.717, 1.165) is 5.57 Å². The van der Waals surface area contributed by atoms with Gasteiger partial charge < -0.3 is 10.0 Å².